The molecule has 15 heteroatoms. The van der Waals surface area contributed by atoms with Crippen molar-refractivity contribution in [3.05, 3.63) is 106 Å². The van der Waals surface area contributed by atoms with Gasteiger partial charge in [0.2, 0.25) is 5.88 Å². The summed E-state index contributed by atoms with van der Waals surface area (Å²) in [6.07, 6.45) is 8.73. The maximum atomic E-state index is 14.0. The molecule has 3 heterocycles. The predicted octanol–water partition coefficient (Wildman–Crippen LogP) is 8.50. The average molecular weight is 878 g/mol. The van der Waals surface area contributed by atoms with Gasteiger partial charge in [0.25, 0.3) is 15.9 Å². The van der Waals surface area contributed by atoms with Crippen molar-refractivity contribution in [3.8, 4) is 23.4 Å². The Morgan fingerprint density at radius 1 is 1.00 bits per heavy atom. The number of ether oxygens (including phenoxy) is 2. The standard InChI is InChI=1S/C47H52ClN7O6S/c1-46(2)16-15-33(39(25-46)32-7-9-35(48)10-8-32)29-54-19-21-55(22-20-54)36-11-12-38(43(24-36)61-42-6-4-5-41-40(42)28-51-52-41)44(56)53-62(58,59)37-23-34(26-49)45(50-27-37)60-30-31-13-17-47(3,57)18-14-31/h4-12,23-24,27-28,31,57H,13-22,25,29-30H2,1-3H3,(H,51,52)(H,53,56)/t31-,47+. The number of halogens is 1. The Labute approximate surface area is 367 Å². The number of carbonyl (C=O) groups is 1. The molecule has 2 fully saturated rings. The van der Waals surface area contributed by atoms with Gasteiger partial charge >= 0.3 is 0 Å². The summed E-state index contributed by atoms with van der Waals surface area (Å²) in [6, 6.07) is 21.9. The number of pyridine rings is 1. The Hall–Kier alpha value is -5.46. The molecule has 324 valence electrons. The maximum absolute atomic E-state index is 14.0. The summed E-state index contributed by atoms with van der Waals surface area (Å²) < 4.78 is 41.8. The van der Waals surface area contributed by atoms with E-state index >= 15 is 0 Å². The molecule has 1 aliphatic heterocycles. The molecule has 2 aliphatic carbocycles. The van der Waals surface area contributed by atoms with Crippen molar-refractivity contribution in [1.29, 1.82) is 5.26 Å². The van der Waals surface area contributed by atoms with Crippen molar-refractivity contribution in [2.24, 2.45) is 11.3 Å². The van der Waals surface area contributed by atoms with Crippen LogP contribution in [0.2, 0.25) is 5.02 Å². The van der Waals surface area contributed by atoms with Crippen LogP contribution in [0.4, 0.5) is 5.69 Å². The van der Waals surface area contributed by atoms with Gasteiger partial charge in [0.05, 0.1) is 41.1 Å². The van der Waals surface area contributed by atoms with E-state index in [1.54, 1.807) is 30.5 Å². The van der Waals surface area contributed by atoms with E-state index in [-0.39, 0.29) is 45.6 Å². The van der Waals surface area contributed by atoms with Crippen LogP contribution in [-0.2, 0) is 10.0 Å². The topological polar surface area (TPSA) is 174 Å². The van der Waals surface area contributed by atoms with E-state index < -0.39 is 21.5 Å². The SMILES string of the molecule is CC1(C)CCC(CN2CCN(c3ccc(C(=O)NS(=O)(=O)c4cnc(OC[C@H]5CC[C@@](C)(O)CC5)c(C#N)c4)c(Oc4cccc5[nH]ncc45)c3)CC2)=C(c2ccc(Cl)cc2)C1. The lowest BCUT2D eigenvalue weighted by atomic mass is 9.72. The average Bonchev–Trinajstić information content (AvgIpc) is 3.74. The number of nitrogens with zero attached hydrogens (tertiary/aromatic N) is 5. The Morgan fingerprint density at radius 2 is 1.76 bits per heavy atom. The monoisotopic (exact) mass is 877 g/mol. The molecular weight excluding hydrogens is 826 g/mol. The van der Waals surface area contributed by atoms with E-state index in [9.17, 15) is 23.6 Å². The molecule has 62 heavy (non-hydrogen) atoms. The quantitative estimate of drug-likeness (QED) is 0.110. The third-order valence-electron chi connectivity index (χ3n) is 12.5. The Morgan fingerprint density at radius 3 is 2.50 bits per heavy atom. The molecular formula is C47H52ClN7O6S. The number of piperazine rings is 1. The number of aromatic amines is 1. The first-order valence-corrected chi connectivity index (χ1v) is 23.0. The fourth-order valence-corrected chi connectivity index (χ4v) is 9.76. The molecule has 3 N–H and O–H groups in total. The zero-order valence-electron chi connectivity index (χ0n) is 35.3. The van der Waals surface area contributed by atoms with Gasteiger partial charge < -0.3 is 19.5 Å². The number of benzene rings is 3. The summed E-state index contributed by atoms with van der Waals surface area (Å²) in [5, 5.41) is 28.7. The minimum absolute atomic E-state index is 0.00164. The van der Waals surface area contributed by atoms with Gasteiger partial charge in [-0.25, -0.2) is 18.1 Å². The van der Waals surface area contributed by atoms with Gasteiger partial charge in [-0.05, 0) is 117 Å². The number of fused-ring (bicyclic) bond motifs is 1. The second-order valence-corrected chi connectivity index (χ2v) is 20.0. The Kier molecular flexibility index (Phi) is 12.4. The summed E-state index contributed by atoms with van der Waals surface area (Å²) in [5.41, 5.74) is 5.15. The smallest absolute Gasteiger partial charge is 0.268 e. The van der Waals surface area contributed by atoms with Crippen LogP contribution in [0.1, 0.15) is 87.2 Å². The highest BCUT2D eigenvalue weighted by molar-refractivity contribution is 7.90. The first-order valence-electron chi connectivity index (χ1n) is 21.2. The molecule has 0 unspecified atom stereocenters. The van der Waals surface area contributed by atoms with Crippen LogP contribution in [0.3, 0.4) is 0 Å². The second kappa shape index (κ2) is 17.7. The highest BCUT2D eigenvalue weighted by atomic mass is 35.5. The molecule has 3 aromatic carbocycles. The van der Waals surface area contributed by atoms with E-state index in [0.29, 0.717) is 24.0 Å². The van der Waals surface area contributed by atoms with Gasteiger partial charge in [-0.1, -0.05) is 49.2 Å². The summed E-state index contributed by atoms with van der Waals surface area (Å²) in [4.78, 5) is 22.5. The number of nitriles is 1. The number of H-pyrrole nitrogens is 1. The Balaban J connectivity index is 0.991. The van der Waals surface area contributed by atoms with Gasteiger partial charge in [-0.15, -0.1) is 0 Å². The molecule has 0 atom stereocenters. The molecule has 2 aromatic heterocycles. The van der Waals surface area contributed by atoms with Gasteiger partial charge in [0.1, 0.15) is 28.0 Å². The number of carbonyl (C=O) groups excluding carboxylic acids is 1. The number of amides is 1. The van der Waals surface area contributed by atoms with Crippen molar-refractivity contribution in [1.82, 2.24) is 24.8 Å². The predicted molar refractivity (Wildman–Crippen MR) is 239 cm³/mol. The number of hydrogen-bond acceptors (Lipinski definition) is 11. The van der Waals surface area contributed by atoms with Crippen molar-refractivity contribution >= 4 is 49.7 Å². The first-order chi connectivity index (χ1) is 29.6. The summed E-state index contributed by atoms with van der Waals surface area (Å²) in [5.74, 6) is -0.131. The molecule has 1 saturated heterocycles. The molecule has 3 aliphatic rings. The normalized spacial score (nSPS) is 20.8. The largest absolute Gasteiger partial charge is 0.476 e. The molecule has 8 rings (SSSR count). The first kappa shape index (κ1) is 43.2. The fraction of sp³-hybridized carbons (Fsp3) is 0.404. The van der Waals surface area contributed by atoms with E-state index in [0.717, 1.165) is 93.3 Å². The van der Waals surface area contributed by atoms with Gasteiger partial charge in [-0.3, -0.25) is 14.8 Å². The molecule has 0 bridgehead atoms. The van der Waals surface area contributed by atoms with Gasteiger partial charge in [0.15, 0.2) is 0 Å². The summed E-state index contributed by atoms with van der Waals surface area (Å²) >= 11 is 6.25. The van der Waals surface area contributed by atoms with E-state index in [2.05, 4.69) is 55.7 Å². The van der Waals surface area contributed by atoms with Crippen LogP contribution < -0.4 is 19.1 Å². The van der Waals surface area contributed by atoms with Crippen molar-refractivity contribution in [3.63, 3.8) is 0 Å². The highest BCUT2D eigenvalue weighted by Crippen LogP contribution is 2.44. The number of sulfonamides is 1. The van der Waals surface area contributed by atoms with Crippen molar-refractivity contribution in [2.45, 2.75) is 76.2 Å². The molecule has 5 aromatic rings. The minimum atomic E-state index is -4.49. The van der Waals surface area contributed by atoms with Crippen LogP contribution >= 0.6 is 11.6 Å². The number of aromatic nitrogens is 3. The highest BCUT2D eigenvalue weighted by Gasteiger charge is 2.32. The number of hydrogen-bond donors (Lipinski definition) is 3. The lowest BCUT2D eigenvalue weighted by molar-refractivity contribution is 0.00125. The number of allylic oxidation sites excluding steroid dienone is 1. The third-order valence-corrected chi connectivity index (χ3v) is 14.1. The van der Waals surface area contributed by atoms with Crippen LogP contribution in [-0.4, -0.2) is 84.4 Å². The van der Waals surface area contributed by atoms with Crippen molar-refractivity contribution < 1.29 is 27.8 Å². The minimum Gasteiger partial charge on any atom is -0.476 e. The molecule has 0 radical (unpaired) electrons. The second-order valence-electron chi connectivity index (χ2n) is 17.9. The van der Waals surface area contributed by atoms with Crippen molar-refractivity contribution in [2.75, 3.05) is 44.2 Å². The third kappa shape index (κ3) is 9.92. The van der Waals surface area contributed by atoms with E-state index in [1.807, 2.05) is 37.3 Å². The number of anilines is 1. The van der Waals surface area contributed by atoms with E-state index in [4.69, 9.17) is 21.1 Å². The Bertz CT molecular complexity index is 2640. The number of nitrogens with one attached hydrogen (secondary N) is 2. The summed E-state index contributed by atoms with van der Waals surface area (Å²) in [7, 11) is -4.49. The lowest BCUT2D eigenvalue weighted by Crippen LogP contribution is -2.47. The molecule has 0 spiro atoms. The van der Waals surface area contributed by atoms with Crippen LogP contribution in [0, 0.1) is 22.7 Å². The maximum Gasteiger partial charge on any atom is 0.268 e. The molecule has 13 nitrogen and oxygen atoms in total. The fourth-order valence-electron chi connectivity index (χ4n) is 8.70. The van der Waals surface area contributed by atoms with Crippen LogP contribution in [0.15, 0.2) is 89.6 Å². The molecule has 1 amide bonds. The van der Waals surface area contributed by atoms with Gasteiger partial charge in [0, 0.05) is 49.5 Å². The van der Waals surface area contributed by atoms with Gasteiger partial charge in [-0.2, -0.15) is 10.4 Å². The number of aliphatic hydroxyl groups is 1. The lowest BCUT2D eigenvalue weighted by Gasteiger charge is -2.39. The zero-order chi connectivity index (χ0) is 43.6. The van der Waals surface area contributed by atoms with Crippen LogP contribution in [0.5, 0.6) is 17.4 Å². The molecule has 1 saturated carbocycles. The van der Waals surface area contributed by atoms with E-state index in [1.165, 1.54) is 16.7 Å². The zero-order valence-corrected chi connectivity index (χ0v) is 36.9. The van der Waals surface area contributed by atoms with Crippen LogP contribution in [0.25, 0.3) is 16.5 Å². The summed E-state index contributed by atoms with van der Waals surface area (Å²) in [6.45, 7) is 10.8. The number of rotatable bonds is 12.